The van der Waals surface area contributed by atoms with E-state index in [9.17, 15) is 24.3 Å². The number of esters is 2. The molecule has 1 amide bonds. The molecule has 6 aromatic carbocycles. The number of aromatic carboxylic acids is 1. The number of fused-ring (bicyclic) bond motifs is 3. The number of thiophene rings is 3. The third-order valence-electron chi connectivity index (χ3n) is 11.1. The molecule has 0 unspecified atom stereocenters. The summed E-state index contributed by atoms with van der Waals surface area (Å²) in [4.78, 5) is 48.3. The monoisotopic (exact) mass is 3970 g/mol. The maximum atomic E-state index is 12.3. The molecule has 4 N–H and O–H groups in total. The van der Waals surface area contributed by atoms with E-state index < -0.39 is 19.8 Å². The van der Waals surface area contributed by atoms with E-state index in [4.69, 9.17) is 75.1 Å². The summed E-state index contributed by atoms with van der Waals surface area (Å²) in [7, 11) is -2.25. The van der Waals surface area contributed by atoms with Gasteiger partial charge in [-0.15, -0.1) is 34.0 Å². The predicted octanol–water partition coefficient (Wildman–Crippen LogP) is 27.9. The average Bonchev–Trinajstić information content (AvgIpc) is 1.65. The van der Waals surface area contributed by atoms with E-state index >= 15 is 0 Å². The van der Waals surface area contributed by atoms with Gasteiger partial charge in [-0.3, -0.25) is 4.79 Å². The molecule has 9 aromatic rings. The molecular formula is C56H42Br4Cl3I20N3O10S3-2. The van der Waals surface area contributed by atoms with E-state index in [0.717, 1.165) is 41.8 Å². The van der Waals surface area contributed by atoms with Gasteiger partial charge in [0, 0.05) is 75.2 Å². The van der Waals surface area contributed by atoms with Crippen molar-refractivity contribution in [1.29, 1.82) is 10.5 Å². The number of carbonyl (C=O) groups excluding carboxylic acids is 3. The topological polar surface area (TPSA) is 219 Å². The van der Waals surface area contributed by atoms with E-state index in [1.54, 1.807) is 74.5 Å². The molecule has 0 aliphatic carbocycles. The number of benzene rings is 6. The van der Waals surface area contributed by atoms with Crippen LogP contribution in [0.5, 0.6) is 17.2 Å². The molecule has 43 heteroatoms. The van der Waals surface area contributed by atoms with Gasteiger partial charge < -0.3 is 34.9 Å². The Morgan fingerprint density at radius 2 is 0.970 bits per heavy atom. The average molecular weight is 3980 g/mol. The number of carbonyl (C=O) groups is 4. The number of halogens is 27. The van der Waals surface area contributed by atoms with Gasteiger partial charge in [-0.25, -0.2) is 14.4 Å². The second-order valence-corrected chi connectivity index (χ2v) is 398. The first-order chi connectivity index (χ1) is 46.4. The Bertz CT molecular complexity index is 4320. The molecule has 0 spiro atoms. The largest absolute Gasteiger partial charge is 0.508 e. The third kappa shape index (κ3) is 33.3. The van der Waals surface area contributed by atoms with Crippen LogP contribution in [0.1, 0.15) is 88.5 Å². The van der Waals surface area contributed by atoms with Gasteiger partial charge >= 0.3 is 304 Å². The van der Waals surface area contributed by atoms with Crippen LogP contribution in [0.25, 0.3) is 30.3 Å². The van der Waals surface area contributed by atoms with E-state index in [0.29, 0.717) is 128 Å². The first-order valence-corrected chi connectivity index (χ1v) is 145. The van der Waals surface area contributed by atoms with Gasteiger partial charge in [-0.2, -0.15) is 10.5 Å². The smallest absolute Gasteiger partial charge is 0.346 e. The summed E-state index contributed by atoms with van der Waals surface area (Å²) in [6, 6.07) is 34.9. The summed E-state index contributed by atoms with van der Waals surface area (Å²) in [5.74, 6) is -1.03. The summed E-state index contributed by atoms with van der Waals surface area (Å²) in [5, 5.41) is 40.5. The second kappa shape index (κ2) is 54.8. The minimum atomic E-state index is -1.03. The summed E-state index contributed by atoms with van der Waals surface area (Å²) in [6.45, 7) is 4.44. The number of nitrogens with zero attached hydrogens (tertiary/aromatic N) is 2. The number of nitriles is 2. The molecule has 0 aliphatic heterocycles. The Morgan fingerprint density at radius 1 is 0.576 bits per heavy atom. The molecule has 550 valence electrons. The van der Waals surface area contributed by atoms with Crippen molar-refractivity contribution in [3.63, 3.8) is 0 Å². The Hall–Kier alpha value is 8.85. The molecule has 0 atom stereocenters. The summed E-state index contributed by atoms with van der Waals surface area (Å²) in [6.07, 6.45) is 0. The first kappa shape index (κ1) is 102. The van der Waals surface area contributed by atoms with Crippen LogP contribution in [0.4, 0.5) is 0 Å². The fourth-order valence-electron chi connectivity index (χ4n) is 7.31. The number of aromatic hydroxyl groups is 1. The number of hydrogen-bond acceptors (Lipinski definition) is 14. The number of phenolic OH excluding ortho intramolecular Hbond substituents is 1. The summed E-state index contributed by atoms with van der Waals surface area (Å²) < 4.78 is 26.3. The number of amides is 1. The van der Waals surface area contributed by atoms with Gasteiger partial charge in [-0.1, -0.05) is 76.4 Å². The number of primary amides is 1. The Morgan fingerprint density at radius 3 is 1.34 bits per heavy atom. The standard InChI is InChI=1S/C19H13BrClNO3S.C17H11BrClNO4S.C12H10BrClO2S.C7H4BrNO.CH4.I15.I5/c1-2-24-19(23)18-13(17-15(21)4-3-5-16(17)26-18)10-25-12-7-6-11(9-22)14(20)8-12;18-11-6-8(4-5-9(11)16(20)21)24-7-10-14-12(19)2-1-3-13(14)25-15(10)17(22)23;1-2-16-12(15)11-7(6-13)10-8(14)4-3-5-9(10)17-11;8-7-3-6(10)2-1-5(7)4-9;;1-9-11(4)13(6)15(8)14(7)12(5)10(2)3;1-4-5(2)3/h3-8H,2,10H2,1H3;1-6H,7H2,(H2,20,21)(H,22,23);3-5H,2,6H2,1H3;1-3,10H;1H4;;/q;;;;;2*-1. The van der Waals surface area contributed by atoms with Crippen molar-refractivity contribution in [2.75, 3.05) is 13.2 Å². The van der Waals surface area contributed by atoms with Crippen molar-refractivity contribution in [2.24, 2.45) is 5.73 Å². The van der Waals surface area contributed by atoms with Crippen molar-refractivity contribution in [3.05, 3.63) is 186 Å². The molecule has 0 saturated carbocycles. The fraction of sp³-hybridized carbons (Fsp3) is 0.143. The normalized spacial score (nSPS) is 11.4. The summed E-state index contributed by atoms with van der Waals surface area (Å²) in [5.41, 5.74) is 8.78. The molecule has 0 aliphatic rings. The Kier molecular flexibility index (Phi) is 56.4. The third-order valence-corrected chi connectivity index (χ3v) is 1010. The van der Waals surface area contributed by atoms with Gasteiger partial charge in [-0.05, 0) is 158 Å². The molecule has 99 heavy (non-hydrogen) atoms. The quantitative estimate of drug-likeness (QED) is 0.0369. The van der Waals surface area contributed by atoms with Gasteiger partial charge in [0.05, 0.1) is 29.9 Å². The van der Waals surface area contributed by atoms with Crippen molar-refractivity contribution in [1.82, 2.24) is 0 Å². The zero-order chi connectivity index (χ0) is 73.2. The molecule has 3 heterocycles. The van der Waals surface area contributed by atoms with Crippen LogP contribution in [0, 0.1) is 22.7 Å². The summed E-state index contributed by atoms with van der Waals surface area (Å²) >= 11 is 68.5. The SMILES string of the molecule is C.CCOC(=O)c1sc2cccc(Cl)c2c1CBr.CCOC(=O)c1sc2cccc(Cl)c2c1COc1ccc(C#N)c(Br)c1.I[I-]I(I)I.I[I-]I(I)I(I)I(I)I(I)I(I)I(I)I.N#Cc1ccc(O)cc1Br.NC(=O)c1ccc(OCc2c(C(=O)O)sc3cccc(Cl)c23)cc1Br. The molecular weight excluding hydrogens is 3930 g/mol. The van der Waals surface area contributed by atoms with Crippen molar-refractivity contribution >= 4 is 447 Å². The molecule has 0 fully saturated rings. The van der Waals surface area contributed by atoms with Crippen molar-refractivity contribution in [3.8, 4) is 29.4 Å². The molecule has 13 nitrogen and oxygen atoms in total. The van der Waals surface area contributed by atoms with Crippen LogP contribution < -0.4 is 41.7 Å². The number of carboxylic acid groups (broad SMARTS) is 1. The minimum Gasteiger partial charge on any atom is -0.508 e. The number of phenols is 1. The number of hydrogen-bond donors (Lipinski definition) is 3. The number of nitrogens with two attached hydrogens (primary N) is 1. The molecule has 3 aromatic heterocycles. The van der Waals surface area contributed by atoms with Gasteiger partial charge in [0.2, 0.25) is 5.91 Å². The molecule has 0 bridgehead atoms. The van der Waals surface area contributed by atoms with Gasteiger partial charge in [0.25, 0.3) is 0 Å². The maximum Gasteiger partial charge on any atom is 0.346 e. The minimum absolute atomic E-state index is 0. The zero-order valence-electron chi connectivity index (χ0n) is 48.0. The van der Waals surface area contributed by atoms with Crippen LogP contribution in [0.3, 0.4) is 0 Å². The molecule has 0 saturated heterocycles. The maximum absolute atomic E-state index is 12.3. The predicted molar refractivity (Wildman–Crippen MR) is 582 cm³/mol. The Labute approximate surface area is 784 Å². The van der Waals surface area contributed by atoms with Crippen molar-refractivity contribution in [2.45, 2.75) is 39.8 Å². The Balaban J connectivity index is 0.000000326. The first-order valence-electron chi connectivity index (χ1n) is 25.1. The number of rotatable bonds is 20. The fourth-order valence-corrected chi connectivity index (χ4v) is 1900. The molecule has 9 rings (SSSR count). The van der Waals surface area contributed by atoms with Crippen LogP contribution in [-0.2, 0) is 28.0 Å². The zero-order valence-corrected chi connectivity index (χ0v) is 102. The number of alkyl halides is 1. The second-order valence-electron chi connectivity index (χ2n) is 16.8. The van der Waals surface area contributed by atoms with Gasteiger partial charge in [0.15, 0.2) is 0 Å². The van der Waals surface area contributed by atoms with E-state index in [-0.39, 0.29) is 90.6 Å². The molecule has 0 radical (unpaired) electrons. The van der Waals surface area contributed by atoms with Crippen LogP contribution in [0.2, 0.25) is 15.1 Å². The number of carboxylic acids is 1. The van der Waals surface area contributed by atoms with Crippen LogP contribution >= 0.6 is 393 Å². The van der Waals surface area contributed by atoms with Crippen LogP contribution in [-0.4, -0.2) is 47.2 Å². The van der Waals surface area contributed by atoms with Crippen molar-refractivity contribution < 1.29 is 74.8 Å². The van der Waals surface area contributed by atoms with E-state index in [1.807, 2.05) is 42.5 Å². The van der Waals surface area contributed by atoms with Gasteiger partial charge in [0.1, 0.15) is 57.2 Å². The number of ether oxygens (including phenoxy) is 4. The van der Waals surface area contributed by atoms with E-state index in [2.05, 4.69) is 275 Å². The van der Waals surface area contributed by atoms with E-state index in [1.165, 1.54) is 34.8 Å². The van der Waals surface area contributed by atoms with Crippen LogP contribution in [0.15, 0.2) is 123 Å².